The molecule has 48 valence electrons. The highest BCUT2D eigenvalue weighted by Crippen LogP contribution is 1.87. The molecule has 0 aliphatic rings. The van der Waals surface area contributed by atoms with Crippen molar-refractivity contribution in [3.8, 4) is 12.5 Å². The Morgan fingerprint density at radius 3 is 2.89 bits per heavy atom. The van der Waals surface area contributed by atoms with E-state index in [2.05, 4.69) is 11.2 Å². The van der Waals surface area contributed by atoms with Crippen molar-refractivity contribution in [3.05, 3.63) is 0 Å². The molecule has 0 saturated carbocycles. The van der Waals surface area contributed by atoms with Crippen LogP contribution < -0.4 is 0 Å². The molecule has 0 radical (unpaired) electrons. The Hall–Kier alpha value is -1.30. The molecule has 0 spiro atoms. The fourth-order valence-corrected chi connectivity index (χ4v) is 0.294. The molecule has 0 aliphatic heterocycles. The van der Waals surface area contributed by atoms with Gasteiger partial charge >= 0.3 is 5.97 Å². The summed E-state index contributed by atoms with van der Waals surface area (Å²) in [6.45, 7) is 0. The lowest BCUT2D eigenvalue weighted by atomic mass is 10.3. The van der Waals surface area contributed by atoms with Gasteiger partial charge in [-0.3, -0.25) is 4.79 Å². The molecule has 3 nitrogen and oxygen atoms in total. The Morgan fingerprint density at radius 1 is 1.78 bits per heavy atom. The first-order chi connectivity index (χ1) is 4.31. The van der Waals surface area contributed by atoms with Crippen molar-refractivity contribution in [2.24, 2.45) is 0 Å². The summed E-state index contributed by atoms with van der Waals surface area (Å²) in [5.41, 5.74) is 0. The highest BCUT2D eigenvalue weighted by molar-refractivity contribution is 5.73. The van der Waals surface area contributed by atoms with Crippen molar-refractivity contribution in [1.82, 2.24) is 0 Å². The van der Waals surface area contributed by atoms with Gasteiger partial charge in [-0.2, -0.15) is 0 Å². The largest absolute Gasteiger partial charge is 0.372 e. The molecule has 0 bridgehead atoms. The van der Waals surface area contributed by atoms with Crippen molar-refractivity contribution in [1.29, 1.82) is 0 Å². The highest BCUT2D eigenvalue weighted by atomic mass is 16.5. The lowest BCUT2D eigenvalue weighted by molar-refractivity contribution is -0.137. The Morgan fingerprint density at radius 2 is 2.44 bits per heavy atom. The summed E-state index contributed by atoms with van der Waals surface area (Å²) in [4.78, 5) is 19.9. The summed E-state index contributed by atoms with van der Waals surface area (Å²) in [6.07, 6.45) is 7.20. The van der Waals surface area contributed by atoms with Crippen molar-refractivity contribution in [3.63, 3.8) is 0 Å². The van der Waals surface area contributed by atoms with Gasteiger partial charge < -0.3 is 9.53 Å². The van der Waals surface area contributed by atoms with Crippen LogP contribution in [-0.4, -0.2) is 12.3 Å². The minimum Gasteiger partial charge on any atom is -0.372 e. The number of hydrogen-bond acceptors (Lipinski definition) is 3. The zero-order valence-corrected chi connectivity index (χ0v) is 4.79. The molecule has 0 aliphatic carbocycles. The van der Waals surface area contributed by atoms with Gasteiger partial charge in [0.1, 0.15) is 12.4 Å². The molecule has 0 heterocycles. The second-order valence-electron chi connectivity index (χ2n) is 1.30. The quantitative estimate of drug-likeness (QED) is 0.306. The van der Waals surface area contributed by atoms with E-state index in [0.29, 0.717) is 6.29 Å². The van der Waals surface area contributed by atoms with Crippen LogP contribution in [-0.2, 0) is 14.3 Å². The van der Waals surface area contributed by atoms with Gasteiger partial charge in [-0.05, 0) is 0 Å². The average molecular weight is 126 g/mol. The Bertz CT molecular complexity index is 143. The van der Waals surface area contributed by atoms with Crippen LogP contribution >= 0.6 is 0 Å². The molecule has 0 fully saturated rings. The van der Waals surface area contributed by atoms with E-state index in [0.717, 1.165) is 0 Å². The van der Waals surface area contributed by atoms with E-state index in [4.69, 9.17) is 0 Å². The minimum absolute atomic E-state index is 0.0632. The zero-order valence-electron chi connectivity index (χ0n) is 4.79. The van der Waals surface area contributed by atoms with Crippen LogP contribution in [0.25, 0.3) is 0 Å². The first-order valence-electron chi connectivity index (χ1n) is 2.40. The summed E-state index contributed by atoms with van der Waals surface area (Å²) < 4.78 is 4.07. The Labute approximate surface area is 53.0 Å². The zero-order chi connectivity index (χ0) is 7.11. The van der Waals surface area contributed by atoms with Crippen LogP contribution in [0.5, 0.6) is 0 Å². The summed E-state index contributed by atoms with van der Waals surface area (Å²) in [7, 11) is 0. The predicted molar refractivity (Wildman–Crippen MR) is 30.2 cm³/mol. The molecule has 0 rings (SSSR count). The summed E-state index contributed by atoms with van der Waals surface area (Å²) in [6, 6.07) is 0. The highest BCUT2D eigenvalue weighted by Gasteiger charge is 1.97. The number of aldehydes is 1. The number of hydrogen-bond donors (Lipinski definition) is 0. The topological polar surface area (TPSA) is 43.4 Å². The maximum Gasteiger partial charge on any atom is 0.320 e. The van der Waals surface area contributed by atoms with Gasteiger partial charge in [-0.25, -0.2) is 0 Å². The maximum atomic E-state index is 10.3. The van der Waals surface area contributed by atoms with E-state index in [1.165, 1.54) is 0 Å². The molecule has 0 unspecified atom stereocenters. The SMILES string of the molecule is C#COC(=O)CCC=O. The van der Waals surface area contributed by atoms with E-state index in [-0.39, 0.29) is 12.8 Å². The van der Waals surface area contributed by atoms with E-state index in [1.54, 1.807) is 6.11 Å². The van der Waals surface area contributed by atoms with Crippen LogP contribution in [0.1, 0.15) is 12.8 Å². The third kappa shape index (κ3) is 4.56. The van der Waals surface area contributed by atoms with Crippen LogP contribution in [0.3, 0.4) is 0 Å². The van der Waals surface area contributed by atoms with Gasteiger partial charge in [0, 0.05) is 6.42 Å². The smallest absolute Gasteiger partial charge is 0.320 e. The van der Waals surface area contributed by atoms with Gasteiger partial charge in [-0.1, -0.05) is 6.42 Å². The maximum absolute atomic E-state index is 10.3. The Balaban J connectivity index is 3.29. The first kappa shape index (κ1) is 7.70. The molecule has 0 amide bonds. The van der Waals surface area contributed by atoms with Crippen molar-refractivity contribution in [2.45, 2.75) is 12.8 Å². The summed E-state index contributed by atoms with van der Waals surface area (Å²) in [5, 5.41) is 0. The number of terminal acetylenes is 1. The molecule has 0 N–H and O–H groups in total. The standard InChI is InChI=1S/C6H6O3/c1-2-9-6(8)4-3-5-7/h1,5H,3-4H2. The van der Waals surface area contributed by atoms with Crippen LogP contribution in [0.2, 0.25) is 0 Å². The van der Waals surface area contributed by atoms with Crippen molar-refractivity contribution >= 4 is 12.3 Å². The van der Waals surface area contributed by atoms with Gasteiger partial charge in [0.15, 0.2) is 0 Å². The fourth-order valence-electron chi connectivity index (χ4n) is 0.294. The second-order valence-corrected chi connectivity index (χ2v) is 1.30. The summed E-state index contributed by atoms with van der Waals surface area (Å²) >= 11 is 0. The monoisotopic (exact) mass is 126 g/mol. The van der Waals surface area contributed by atoms with Gasteiger partial charge in [0.25, 0.3) is 0 Å². The van der Waals surface area contributed by atoms with Gasteiger partial charge in [0.05, 0.1) is 6.42 Å². The van der Waals surface area contributed by atoms with Crippen LogP contribution in [0, 0.1) is 12.5 Å². The minimum atomic E-state index is -0.537. The molecule has 0 saturated heterocycles. The van der Waals surface area contributed by atoms with Gasteiger partial charge in [-0.15, -0.1) is 0 Å². The molecule has 0 aromatic heterocycles. The number of carbonyl (C=O) groups excluding carboxylic acids is 2. The van der Waals surface area contributed by atoms with E-state index in [9.17, 15) is 9.59 Å². The Kier molecular flexibility index (Phi) is 4.15. The number of ether oxygens (including phenoxy) is 1. The molecule has 0 aromatic rings. The number of carbonyl (C=O) groups is 2. The molecule has 0 atom stereocenters. The number of rotatable bonds is 3. The molecular weight excluding hydrogens is 120 g/mol. The fraction of sp³-hybridized carbons (Fsp3) is 0.333. The summed E-state index contributed by atoms with van der Waals surface area (Å²) in [5.74, 6) is -0.537. The van der Waals surface area contributed by atoms with E-state index in [1.807, 2.05) is 0 Å². The van der Waals surface area contributed by atoms with E-state index >= 15 is 0 Å². The number of esters is 1. The molecule has 3 heteroatoms. The lowest BCUT2D eigenvalue weighted by Gasteiger charge is -1.88. The lowest BCUT2D eigenvalue weighted by Crippen LogP contribution is -1.98. The predicted octanol–water partition coefficient (Wildman–Crippen LogP) is 0.0994. The molecule has 9 heavy (non-hydrogen) atoms. The third-order valence-corrected chi connectivity index (χ3v) is 0.639. The third-order valence-electron chi connectivity index (χ3n) is 0.639. The van der Waals surface area contributed by atoms with Crippen molar-refractivity contribution < 1.29 is 14.3 Å². The van der Waals surface area contributed by atoms with Gasteiger partial charge in [0.2, 0.25) is 0 Å². The molecular formula is C6H6O3. The normalized spacial score (nSPS) is 7.44. The van der Waals surface area contributed by atoms with Crippen molar-refractivity contribution in [2.75, 3.05) is 0 Å². The second kappa shape index (κ2) is 4.85. The van der Waals surface area contributed by atoms with Crippen LogP contribution in [0.15, 0.2) is 0 Å². The first-order valence-corrected chi connectivity index (χ1v) is 2.40. The van der Waals surface area contributed by atoms with Crippen LogP contribution in [0.4, 0.5) is 0 Å². The van der Waals surface area contributed by atoms with E-state index < -0.39 is 5.97 Å². The molecule has 0 aromatic carbocycles. The average Bonchev–Trinajstić information content (AvgIpc) is 1.85.